The lowest BCUT2D eigenvalue weighted by Gasteiger charge is -2.39. The zero-order chi connectivity index (χ0) is 18.3. The van der Waals surface area contributed by atoms with Gasteiger partial charge in [0.05, 0.1) is 0 Å². The highest BCUT2D eigenvalue weighted by Crippen LogP contribution is 2.41. The molecule has 1 aromatic heterocycles. The number of nitrogens with zero attached hydrogens (tertiary/aromatic N) is 1. The minimum Gasteiger partial charge on any atom is -0.408 e. The molecule has 2 rings (SSSR count). The van der Waals surface area contributed by atoms with E-state index in [-0.39, 0.29) is 5.04 Å². The standard InChI is InChI=1S/C15H23FN2O5Si/c1-15(2,3)24(4,5)23-12-9(8-19)22-13(11(12)16)18-7-6-10(20)17-14(18)21/h6-9,11-13H,1-5H3,(H,17,20,21)/t9-,11+,12?,13-/m1/s1. The van der Waals surface area contributed by atoms with Crippen molar-refractivity contribution < 1.29 is 18.3 Å². The minimum absolute atomic E-state index is 0.174. The maximum atomic E-state index is 14.9. The van der Waals surface area contributed by atoms with Crippen molar-refractivity contribution in [2.75, 3.05) is 0 Å². The summed E-state index contributed by atoms with van der Waals surface area (Å²) in [5, 5.41) is -0.174. The predicted molar refractivity (Wildman–Crippen MR) is 88.3 cm³/mol. The van der Waals surface area contributed by atoms with Gasteiger partial charge in [-0.05, 0) is 18.1 Å². The largest absolute Gasteiger partial charge is 0.408 e. The second-order valence-corrected chi connectivity index (χ2v) is 12.2. The van der Waals surface area contributed by atoms with Crippen molar-refractivity contribution in [3.05, 3.63) is 33.1 Å². The van der Waals surface area contributed by atoms with Gasteiger partial charge in [0, 0.05) is 12.3 Å². The number of carbonyl (C=O) groups excluding carboxylic acids is 1. The third-order valence-electron chi connectivity index (χ3n) is 4.70. The molecule has 0 saturated carbocycles. The second-order valence-electron chi connectivity index (χ2n) is 7.43. The summed E-state index contributed by atoms with van der Waals surface area (Å²) in [4.78, 5) is 36.4. The van der Waals surface area contributed by atoms with Gasteiger partial charge in [-0.1, -0.05) is 20.8 Å². The summed E-state index contributed by atoms with van der Waals surface area (Å²) in [7, 11) is -2.35. The van der Waals surface area contributed by atoms with Gasteiger partial charge in [0.1, 0.15) is 12.2 Å². The number of nitrogens with one attached hydrogen (secondary N) is 1. The number of carbonyl (C=O) groups is 1. The van der Waals surface area contributed by atoms with Crippen LogP contribution in [0.3, 0.4) is 0 Å². The van der Waals surface area contributed by atoms with Gasteiger partial charge >= 0.3 is 5.69 Å². The summed E-state index contributed by atoms with van der Waals surface area (Å²) in [5.41, 5.74) is -1.39. The average molecular weight is 358 g/mol. The Labute approximate surface area is 139 Å². The van der Waals surface area contributed by atoms with Crippen molar-refractivity contribution in [3.63, 3.8) is 0 Å². The van der Waals surface area contributed by atoms with E-state index >= 15 is 0 Å². The second kappa shape index (κ2) is 6.38. The number of ether oxygens (including phenoxy) is 1. The fraction of sp³-hybridized carbons (Fsp3) is 0.667. The van der Waals surface area contributed by atoms with Crippen LogP contribution >= 0.6 is 0 Å². The number of aromatic amines is 1. The lowest BCUT2D eigenvalue weighted by atomic mass is 10.1. The Balaban J connectivity index is 2.33. The quantitative estimate of drug-likeness (QED) is 0.648. The lowest BCUT2D eigenvalue weighted by Crippen LogP contribution is -2.48. The predicted octanol–water partition coefficient (Wildman–Crippen LogP) is 1.36. The monoisotopic (exact) mass is 358 g/mol. The normalized spacial score (nSPS) is 28.1. The molecule has 1 aliphatic rings. The number of hydrogen-bond donors (Lipinski definition) is 1. The van der Waals surface area contributed by atoms with Crippen molar-refractivity contribution >= 4 is 14.6 Å². The topological polar surface area (TPSA) is 90.4 Å². The summed E-state index contributed by atoms with van der Waals surface area (Å²) in [5.74, 6) is 0. The molecule has 4 atom stereocenters. The summed E-state index contributed by atoms with van der Waals surface area (Å²) >= 11 is 0. The zero-order valence-corrected chi connectivity index (χ0v) is 15.4. The van der Waals surface area contributed by atoms with Crippen LogP contribution in [0.2, 0.25) is 18.1 Å². The van der Waals surface area contributed by atoms with Gasteiger partial charge in [0.2, 0.25) is 0 Å². The first-order chi connectivity index (χ1) is 11.0. The highest BCUT2D eigenvalue weighted by Gasteiger charge is 2.51. The zero-order valence-electron chi connectivity index (χ0n) is 14.4. The molecule has 1 N–H and O–H groups in total. The van der Waals surface area contributed by atoms with E-state index in [0.29, 0.717) is 6.29 Å². The van der Waals surface area contributed by atoms with Gasteiger partial charge in [0.25, 0.3) is 5.56 Å². The SMILES string of the molecule is CC(C)(C)[Si](C)(C)OC1[C@@H](C=O)O[C@@H](n2ccc(=O)[nH]c2=O)[C@H]1F. The van der Waals surface area contributed by atoms with Gasteiger partial charge in [-0.25, -0.2) is 9.18 Å². The van der Waals surface area contributed by atoms with E-state index in [2.05, 4.69) is 0 Å². The molecule has 0 radical (unpaired) electrons. The number of halogens is 1. The number of H-pyrrole nitrogens is 1. The van der Waals surface area contributed by atoms with E-state index in [0.717, 1.165) is 16.8 Å². The summed E-state index contributed by atoms with van der Waals surface area (Å²) in [6.07, 6.45) is -3.60. The molecule has 2 heterocycles. The number of rotatable bonds is 4. The van der Waals surface area contributed by atoms with Crippen molar-refractivity contribution in [1.82, 2.24) is 9.55 Å². The summed E-state index contributed by atoms with van der Waals surface area (Å²) in [6, 6.07) is 1.09. The maximum absolute atomic E-state index is 14.9. The van der Waals surface area contributed by atoms with Crippen LogP contribution in [-0.2, 0) is 14.0 Å². The fourth-order valence-corrected chi connectivity index (χ4v) is 3.56. The van der Waals surface area contributed by atoms with Crippen LogP contribution in [0.25, 0.3) is 0 Å². The Kier molecular flexibility index (Phi) is 4.98. The first-order valence-corrected chi connectivity index (χ1v) is 10.6. The highest BCUT2D eigenvalue weighted by atomic mass is 28.4. The molecule has 9 heteroatoms. The van der Waals surface area contributed by atoms with E-state index in [1.165, 1.54) is 0 Å². The van der Waals surface area contributed by atoms with Crippen LogP contribution in [0.5, 0.6) is 0 Å². The van der Waals surface area contributed by atoms with Crippen molar-refractivity contribution in [2.24, 2.45) is 0 Å². The third-order valence-corrected chi connectivity index (χ3v) is 9.18. The van der Waals surface area contributed by atoms with Gasteiger partial charge in [-0.3, -0.25) is 14.3 Å². The maximum Gasteiger partial charge on any atom is 0.330 e. The molecule has 0 aromatic carbocycles. The molecule has 7 nitrogen and oxygen atoms in total. The van der Waals surface area contributed by atoms with Crippen LogP contribution in [0.4, 0.5) is 4.39 Å². The molecular weight excluding hydrogens is 335 g/mol. The van der Waals surface area contributed by atoms with E-state index in [1.54, 1.807) is 0 Å². The summed E-state index contributed by atoms with van der Waals surface area (Å²) < 4.78 is 27.3. The molecule has 0 spiro atoms. The van der Waals surface area contributed by atoms with Gasteiger partial charge in [0.15, 0.2) is 27.0 Å². The summed E-state index contributed by atoms with van der Waals surface area (Å²) in [6.45, 7) is 9.90. The van der Waals surface area contributed by atoms with E-state index in [9.17, 15) is 18.8 Å². The average Bonchev–Trinajstić information content (AvgIpc) is 2.74. The third kappa shape index (κ3) is 3.42. The highest BCUT2D eigenvalue weighted by molar-refractivity contribution is 6.74. The van der Waals surface area contributed by atoms with Gasteiger partial charge in [-0.2, -0.15) is 0 Å². The Morgan fingerprint density at radius 2 is 2.00 bits per heavy atom. The Bertz CT molecular complexity index is 724. The number of aromatic nitrogens is 2. The first kappa shape index (κ1) is 18.8. The molecular formula is C15H23FN2O5Si. The van der Waals surface area contributed by atoms with Crippen LogP contribution in [0, 0.1) is 0 Å². The van der Waals surface area contributed by atoms with Gasteiger partial charge < -0.3 is 14.0 Å². The van der Waals surface area contributed by atoms with Crippen LogP contribution in [0.1, 0.15) is 27.0 Å². The molecule has 1 aliphatic heterocycles. The number of aldehydes is 1. The number of hydrogen-bond acceptors (Lipinski definition) is 5. The minimum atomic E-state index is -2.35. The smallest absolute Gasteiger partial charge is 0.330 e. The molecule has 0 amide bonds. The fourth-order valence-electron chi connectivity index (χ4n) is 2.26. The lowest BCUT2D eigenvalue weighted by molar-refractivity contribution is -0.122. The van der Waals surface area contributed by atoms with Crippen molar-refractivity contribution in [3.8, 4) is 0 Å². The molecule has 1 saturated heterocycles. The molecule has 134 valence electrons. The van der Waals surface area contributed by atoms with Crippen LogP contribution in [-0.4, -0.2) is 42.5 Å². The van der Waals surface area contributed by atoms with E-state index in [4.69, 9.17) is 9.16 Å². The van der Waals surface area contributed by atoms with Crippen LogP contribution < -0.4 is 11.2 Å². The first-order valence-electron chi connectivity index (χ1n) is 7.72. The van der Waals surface area contributed by atoms with Crippen molar-refractivity contribution in [1.29, 1.82) is 0 Å². The van der Waals surface area contributed by atoms with E-state index in [1.807, 2.05) is 38.8 Å². The molecule has 0 bridgehead atoms. The van der Waals surface area contributed by atoms with Gasteiger partial charge in [-0.15, -0.1) is 0 Å². The molecule has 1 aromatic rings. The number of alkyl halides is 1. The molecule has 1 unspecified atom stereocenters. The Morgan fingerprint density at radius 1 is 1.38 bits per heavy atom. The van der Waals surface area contributed by atoms with Crippen LogP contribution in [0.15, 0.2) is 21.9 Å². The Hall–Kier alpha value is -1.58. The Morgan fingerprint density at radius 3 is 2.50 bits per heavy atom. The van der Waals surface area contributed by atoms with Crippen molar-refractivity contribution in [2.45, 2.75) is 63.5 Å². The molecule has 24 heavy (non-hydrogen) atoms. The molecule has 1 fully saturated rings. The molecule has 0 aliphatic carbocycles. The van der Waals surface area contributed by atoms with E-state index < -0.39 is 44.2 Å².